The van der Waals surface area contributed by atoms with E-state index in [9.17, 15) is 14.9 Å². The van der Waals surface area contributed by atoms with E-state index in [4.69, 9.17) is 0 Å². The third-order valence-corrected chi connectivity index (χ3v) is 3.06. The van der Waals surface area contributed by atoms with E-state index in [2.05, 4.69) is 10.6 Å². The van der Waals surface area contributed by atoms with Gasteiger partial charge >= 0.3 is 0 Å². The van der Waals surface area contributed by atoms with Gasteiger partial charge in [-0.3, -0.25) is 14.9 Å². The largest absolute Gasteiger partial charge is 0.377 e. The van der Waals surface area contributed by atoms with E-state index in [-0.39, 0.29) is 24.1 Å². The van der Waals surface area contributed by atoms with Gasteiger partial charge in [-0.1, -0.05) is 6.92 Å². The van der Waals surface area contributed by atoms with E-state index >= 15 is 0 Å². The standard InChI is InChI=1S/C12H15N3O3/c1-3-7(2)13-10-6-9-8(5-12(16)14-9)4-11(10)15(17)18/h4,6-7,13H,3,5H2,1-2H3,(H,14,16). The zero-order valence-electron chi connectivity index (χ0n) is 10.3. The lowest BCUT2D eigenvalue weighted by Crippen LogP contribution is -2.14. The van der Waals surface area contributed by atoms with Crippen molar-refractivity contribution in [2.75, 3.05) is 10.6 Å². The molecule has 2 rings (SSSR count). The molecule has 1 atom stereocenters. The zero-order chi connectivity index (χ0) is 13.3. The van der Waals surface area contributed by atoms with Gasteiger partial charge in [-0.25, -0.2) is 0 Å². The Balaban J connectivity index is 2.41. The van der Waals surface area contributed by atoms with Crippen LogP contribution in [-0.4, -0.2) is 16.9 Å². The predicted molar refractivity (Wildman–Crippen MR) is 68.8 cm³/mol. The lowest BCUT2D eigenvalue weighted by atomic mass is 10.1. The van der Waals surface area contributed by atoms with Crippen LogP contribution in [0.5, 0.6) is 0 Å². The number of benzene rings is 1. The average Bonchev–Trinajstić information content (AvgIpc) is 2.66. The van der Waals surface area contributed by atoms with Crippen molar-refractivity contribution in [3.63, 3.8) is 0 Å². The molecule has 6 nitrogen and oxygen atoms in total. The minimum atomic E-state index is -0.423. The Kier molecular flexibility index (Phi) is 3.18. The molecule has 96 valence electrons. The quantitative estimate of drug-likeness (QED) is 0.633. The van der Waals surface area contributed by atoms with Crippen LogP contribution in [0.3, 0.4) is 0 Å². The molecule has 1 heterocycles. The van der Waals surface area contributed by atoms with Crippen LogP contribution < -0.4 is 10.6 Å². The first kappa shape index (κ1) is 12.3. The Morgan fingerprint density at radius 3 is 2.89 bits per heavy atom. The molecular formula is C12H15N3O3. The van der Waals surface area contributed by atoms with Gasteiger partial charge in [-0.2, -0.15) is 0 Å². The van der Waals surface area contributed by atoms with Crippen LogP contribution in [0.15, 0.2) is 12.1 Å². The van der Waals surface area contributed by atoms with Gasteiger partial charge in [-0.05, 0) is 25.0 Å². The van der Waals surface area contributed by atoms with Crippen molar-refractivity contribution in [3.8, 4) is 0 Å². The molecule has 1 amide bonds. The lowest BCUT2D eigenvalue weighted by Gasteiger charge is -2.14. The molecular weight excluding hydrogens is 234 g/mol. The second kappa shape index (κ2) is 4.64. The predicted octanol–water partition coefficient (Wildman–Crippen LogP) is 2.30. The Morgan fingerprint density at radius 2 is 2.28 bits per heavy atom. The minimum absolute atomic E-state index is 0.0190. The van der Waals surface area contributed by atoms with Crippen molar-refractivity contribution in [2.45, 2.75) is 32.7 Å². The third-order valence-electron chi connectivity index (χ3n) is 3.06. The summed E-state index contributed by atoms with van der Waals surface area (Å²) in [5, 5.41) is 16.8. The molecule has 0 saturated carbocycles. The average molecular weight is 249 g/mol. The van der Waals surface area contributed by atoms with Crippen molar-refractivity contribution >= 4 is 23.0 Å². The normalized spacial score (nSPS) is 14.9. The summed E-state index contributed by atoms with van der Waals surface area (Å²) in [6, 6.07) is 3.25. The number of fused-ring (bicyclic) bond motifs is 1. The number of amides is 1. The van der Waals surface area contributed by atoms with Gasteiger partial charge in [-0.15, -0.1) is 0 Å². The van der Waals surface area contributed by atoms with E-state index in [1.807, 2.05) is 13.8 Å². The highest BCUT2D eigenvalue weighted by Gasteiger charge is 2.24. The smallest absolute Gasteiger partial charge is 0.292 e. The van der Waals surface area contributed by atoms with E-state index < -0.39 is 4.92 Å². The maximum Gasteiger partial charge on any atom is 0.292 e. The minimum Gasteiger partial charge on any atom is -0.377 e. The van der Waals surface area contributed by atoms with Crippen molar-refractivity contribution in [2.24, 2.45) is 0 Å². The molecule has 18 heavy (non-hydrogen) atoms. The van der Waals surface area contributed by atoms with Crippen molar-refractivity contribution in [1.29, 1.82) is 0 Å². The third kappa shape index (κ3) is 2.27. The maximum atomic E-state index is 11.3. The zero-order valence-corrected chi connectivity index (χ0v) is 10.3. The number of nitrogens with one attached hydrogen (secondary N) is 2. The van der Waals surface area contributed by atoms with Gasteiger partial charge in [0.15, 0.2) is 0 Å². The van der Waals surface area contributed by atoms with Gasteiger partial charge < -0.3 is 10.6 Å². The van der Waals surface area contributed by atoms with Crippen LogP contribution in [0.2, 0.25) is 0 Å². The molecule has 1 aromatic carbocycles. The Hall–Kier alpha value is -2.11. The first-order valence-electron chi connectivity index (χ1n) is 5.89. The van der Waals surface area contributed by atoms with Crippen LogP contribution in [0.25, 0.3) is 0 Å². The number of carbonyl (C=O) groups is 1. The molecule has 0 fully saturated rings. The topological polar surface area (TPSA) is 84.3 Å². The molecule has 0 radical (unpaired) electrons. The van der Waals surface area contributed by atoms with Gasteiger partial charge in [0.1, 0.15) is 5.69 Å². The van der Waals surface area contributed by atoms with Crippen LogP contribution in [0.4, 0.5) is 17.1 Å². The number of carbonyl (C=O) groups excluding carboxylic acids is 1. The summed E-state index contributed by atoms with van der Waals surface area (Å²) in [5.74, 6) is -0.125. The van der Waals surface area contributed by atoms with Crippen LogP contribution >= 0.6 is 0 Å². The summed E-state index contributed by atoms with van der Waals surface area (Å²) in [6.45, 7) is 3.95. The van der Waals surface area contributed by atoms with Gasteiger partial charge in [0.2, 0.25) is 5.91 Å². The summed E-state index contributed by atoms with van der Waals surface area (Å²) in [4.78, 5) is 21.9. The van der Waals surface area contributed by atoms with E-state index in [1.54, 1.807) is 6.07 Å². The first-order valence-corrected chi connectivity index (χ1v) is 5.89. The van der Waals surface area contributed by atoms with E-state index in [0.717, 1.165) is 6.42 Å². The Labute approximate surface area is 105 Å². The summed E-state index contributed by atoms with van der Waals surface area (Å²) in [6.07, 6.45) is 1.07. The molecule has 0 saturated heterocycles. The van der Waals surface area contributed by atoms with Crippen molar-refractivity contribution < 1.29 is 9.72 Å². The second-order valence-corrected chi connectivity index (χ2v) is 4.46. The van der Waals surface area contributed by atoms with Gasteiger partial charge in [0.05, 0.1) is 11.3 Å². The number of nitrogens with zero attached hydrogens (tertiary/aromatic N) is 1. The summed E-state index contributed by atoms with van der Waals surface area (Å²) < 4.78 is 0. The molecule has 0 bridgehead atoms. The summed E-state index contributed by atoms with van der Waals surface area (Å²) >= 11 is 0. The first-order chi connectivity index (χ1) is 8.51. The molecule has 1 aliphatic rings. The fraction of sp³-hybridized carbons (Fsp3) is 0.417. The number of nitro benzene ring substituents is 1. The molecule has 0 aromatic heterocycles. The maximum absolute atomic E-state index is 11.3. The molecule has 2 N–H and O–H groups in total. The van der Waals surface area contributed by atoms with Crippen LogP contribution in [-0.2, 0) is 11.2 Å². The fourth-order valence-electron chi connectivity index (χ4n) is 1.90. The SMILES string of the molecule is CCC(C)Nc1cc2c(cc1[N+](=O)[O-])CC(=O)N2. The Morgan fingerprint density at radius 1 is 1.56 bits per heavy atom. The molecule has 1 aromatic rings. The van der Waals surface area contributed by atoms with Crippen LogP contribution in [0.1, 0.15) is 25.8 Å². The molecule has 0 aliphatic carbocycles. The number of hydrogen-bond acceptors (Lipinski definition) is 4. The van der Waals surface area contributed by atoms with E-state index in [1.165, 1.54) is 6.07 Å². The summed E-state index contributed by atoms with van der Waals surface area (Å²) in [5.41, 5.74) is 1.82. The Bertz CT molecular complexity index is 514. The van der Waals surface area contributed by atoms with E-state index in [0.29, 0.717) is 16.9 Å². The number of hydrogen-bond donors (Lipinski definition) is 2. The molecule has 1 aliphatic heterocycles. The number of anilines is 2. The van der Waals surface area contributed by atoms with Gasteiger partial charge in [0.25, 0.3) is 5.69 Å². The van der Waals surface area contributed by atoms with Crippen molar-refractivity contribution in [1.82, 2.24) is 0 Å². The highest BCUT2D eigenvalue weighted by atomic mass is 16.6. The highest BCUT2D eigenvalue weighted by molar-refractivity contribution is 6.00. The van der Waals surface area contributed by atoms with Crippen molar-refractivity contribution in [3.05, 3.63) is 27.8 Å². The van der Waals surface area contributed by atoms with Gasteiger partial charge in [0, 0.05) is 17.8 Å². The highest BCUT2D eigenvalue weighted by Crippen LogP contribution is 2.34. The summed E-state index contributed by atoms with van der Waals surface area (Å²) in [7, 11) is 0. The fourth-order valence-corrected chi connectivity index (χ4v) is 1.90. The monoisotopic (exact) mass is 249 g/mol. The molecule has 1 unspecified atom stereocenters. The molecule has 6 heteroatoms. The molecule has 0 spiro atoms. The van der Waals surface area contributed by atoms with Crippen LogP contribution in [0, 0.1) is 10.1 Å². The number of rotatable bonds is 4. The number of nitro groups is 1. The lowest BCUT2D eigenvalue weighted by molar-refractivity contribution is -0.384. The second-order valence-electron chi connectivity index (χ2n) is 4.46.